The predicted octanol–water partition coefficient (Wildman–Crippen LogP) is 6.15. The minimum atomic E-state index is -5.37. The Morgan fingerprint density at radius 1 is 0.699 bits per heavy atom. The summed E-state index contributed by atoms with van der Waals surface area (Å²) in [5, 5.41) is 9.15. The van der Waals surface area contributed by atoms with Gasteiger partial charge in [0.15, 0.2) is 5.71 Å². The molecule has 0 bridgehead atoms. The first-order valence-electron chi connectivity index (χ1n) is 22.7. The van der Waals surface area contributed by atoms with E-state index in [2.05, 4.69) is 0 Å². The summed E-state index contributed by atoms with van der Waals surface area (Å²) in [6, 6.07) is 9.32. The summed E-state index contributed by atoms with van der Waals surface area (Å²) in [5.41, 5.74) is 0.442. The van der Waals surface area contributed by atoms with Gasteiger partial charge in [-0.2, -0.15) is 38.2 Å². The number of likely N-dealkylation sites (N-methyl/N-ethyl adjacent to an activating group) is 1. The lowest BCUT2D eigenvalue weighted by Gasteiger charge is -2.30. The molecule has 2 aliphatic rings. The highest BCUT2D eigenvalue weighted by Crippen LogP contribution is 2.54. The summed E-state index contributed by atoms with van der Waals surface area (Å²) >= 11 is 0. The van der Waals surface area contributed by atoms with Crippen molar-refractivity contribution in [1.29, 1.82) is 0 Å². The minimum absolute atomic E-state index is 0.00974. The summed E-state index contributed by atoms with van der Waals surface area (Å²) in [4.78, 5) is 9.92. The molecule has 2 atom stereocenters. The first kappa shape index (κ1) is 57.3. The lowest BCUT2D eigenvalue weighted by atomic mass is 9.74. The molecule has 21 nitrogen and oxygen atoms in total. The number of allylic oxidation sites excluding steroid dienone is 6. The van der Waals surface area contributed by atoms with E-state index >= 15 is 0 Å². The molecule has 398 valence electrons. The Labute approximate surface area is 424 Å². The third-order valence-electron chi connectivity index (χ3n) is 13.2. The van der Waals surface area contributed by atoms with Gasteiger partial charge in [0.1, 0.15) is 21.6 Å². The zero-order chi connectivity index (χ0) is 54.1. The van der Waals surface area contributed by atoms with Crippen molar-refractivity contribution in [3.05, 3.63) is 95.7 Å². The van der Waals surface area contributed by atoms with Crippen molar-refractivity contribution in [1.82, 2.24) is 0 Å². The Morgan fingerprint density at radius 2 is 1.32 bits per heavy atom. The lowest BCUT2D eigenvalue weighted by Crippen LogP contribution is -2.32. The number of rotatable bonds is 24. The number of ether oxygens (including phenoxy) is 2. The van der Waals surface area contributed by atoms with Crippen LogP contribution in [0.4, 0.5) is 11.4 Å². The van der Waals surface area contributed by atoms with Crippen molar-refractivity contribution in [2.75, 3.05) is 50.7 Å². The fraction of sp³-hybridized carbons (Fsp3) is 0.404. The first-order valence-corrected chi connectivity index (χ1v) is 30.0. The molecule has 4 aromatic rings. The number of benzene rings is 4. The number of nitrogens with zero attached hydrogens (tertiary/aromatic N) is 2. The average Bonchev–Trinajstić information content (AvgIpc) is 3.66. The highest BCUT2D eigenvalue weighted by Gasteiger charge is 2.49. The molecule has 2 heterocycles. The molecule has 0 saturated carbocycles. The largest absolute Gasteiger partial charge is 0.744 e. The monoisotopic (exact) mass is 1110 g/mol. The Balaban J connectivity index is 1.55. The van der Waals surface area contributed by atoms with E-state index < -0.39 is 92.7 Å². The van der Waals surface area contributed by atoms with Gasteiger partial charge in [-0.3, -0.25) is 23.0 Å². The Hall–Kier alpha value is -4.97. The van der Waals surface area contributed by atoms with E-state index in [0.717, 1.165) is 12.1 Å². The summed E-state index contributed by atoms with van der Waals surface area (Å²) in [6.45, 7) is 6.60. The van der Waals surface area contributed by atoms with Crippen LogP contribution < -0.4 is 4.90 Å². The zero-order valence-corrected chi connectivity index (χ0v) is 44.2. The van der Waals surface area contributed by atoms with Crippen LogP contribution in [0.25, 0.3) is 21.5 Å². The third-order valence-corrected chi connectivity index (χ3v) is 17.5. The van der Waals surface area contributed by atoms with Crippen LogP contribution in [-0.2, 0) is 75.7 Å². The van der Waals surface area contributed by atoms with Crippen LogP contribution in [0.1, 0.15) is 76.8 Å². The highest BCUT2D eigenvalue weighted by atomic mass is 32.2. The third kappa shape index (κ3) is 12.4. The van der Waals surface area contributed by atoms with Gasteiger partial charge in [-0.25, -0.2) is 8.42 Å². The maximum Gasteiger partial charge on any atom is 0.303 e. The smallest absolute Gasteiger partial charge is 0.303 e. The minimum Gasteiger partial charge on any atom is -0.744 e. The Bertz CT molecular complexity index is 3570. The molecule has 4 aromatic carbocycles. The standard InChI is InChI=1S/C47H56N2O19S5/c1-5-48-37-18-16-33-35(27-31(70(55,56)57)29-39(33)72(61,62)63)44(37)47(3,21-23-68-25-24-67-4)41(48)13-8-6-9-14-42-46(2,20-12-26-69(52,53)54)45-36-28-32(71(58,59)60)30-40(73(64,65)66)34(36)17-19-38(45)49(42)22-11-7-10-15-43(50)51/h6,8-9,13-14,16-19,27-30H,5,7,10-12,15,20-26H2,1-4H3,(H5-,50,51,52,53,54,55,56,57,58,59,60,61,62,63,64,65,66). The zero-order valence-electron chi connectivity index (χ0n) is 40.1. The molecule has 0 aromatic heterocycles. The summed E-state index contributed by atoms with van der Waals surface area (Å²) in [7, 11) is -23.5. The normalized spacial score (nSPS) is 19.4. The molecular formula is C47H56N2O19S5. The number of fused-ring (bicyclic) bond motifs is 6. The molecule has 0 amide bonds. The fourth-order valence-electron chi connectivity index (χ4n) is 10.0. The van der Waals surface area contributed by atoms with Crippen molar-refractivity contribution in [2.24, 2.45) is 0 Å². The number of carboxylic acids is 1. The number of hydrogen-bond acceptors (Lipinski definition) is 15. The number of carboxylic acid groups (broad SMARTS) is 1. The quantitative estimate of drug-likeness (QED) is 0.0227. The van der Waals surface area contributed by atoms with E-state index in [0.29, 0.717) is 66.3 Å². The van der Waals surface area contributed by atoms with Gasteiger partial charge in [-0.1, -0.05) is 24.3 Å². The molecule has 0 fully saturated rings. The maximum atomic E-state index is 12.7. The van der Waals surface area contributed by atoms with Gasteiger partial charge in [0.2, 0.25) is 5.69 Å². The van der Waals surface area contributed by atoms with Crippen LogP contribution >= 0.6 is 0 Å². The summed E-state index contributed by atoms with van der Waals surface area (Å²) < 4.78 is 191. The van der Waals surface area contributed by atoms with Crippen molar-refractivity contribution in [3.8, 4) is 0 Å². The van der Waals surface area contributed by atoms with Crippen molar-refractivity contribution in [2.45, 2.75) is 96.1 Å². The van der Waals surface area contributed by atoms with Gasteiger partial charge in [-0.15, -0.1) is 0 Å². The molecule has 2 unspecified atom stereocenters. The lowest BCUT2D eigenvalue weighted by molar-refractivity contribution is -0.438. The number of anilines is 1. The molecule has 6 rings (SSSR count). The SMILES string of the molecule is CCN1C(=CC=CC=CC2=[N+](CCCCCC(=O)O)c3ccc4c(S(=O)(=O)[O-])cc(S(=O)(=O)O)cc4c3C2(C)CCCS(=O)(=O)O)C(C)(CCOCCOC)c2c1ccc1c(S(=O)(=O)O)cc(S(=O)(=O)O)cc21. The van der Waals surface area contributed by atoms with E-state index in [1.807, 2.05) is 23.3 Å². The summed E-state index contributed by atoms with van der Waals surface area (Å²) in [5.74, 6) is -1.69. The Kier molecular flexibility index (Phi) is 17.0. The van der Waals surface area contributed by atoms with Crippen LogP contribution in [0, 0.1) is 0 Å². The highest BCUT2D eigenvalue weighted by molar-refractivity contribution is 7.87. The van der Waals surface area contributed by atoms with E-state index in [1.54, 1.807) is 43.4 Å². The molecular weight excluding hydrogens is 1060 g/mol. The van der Waals surface area contributed by atoms with Crippen molar-refractivity contribution in [3.63, 3.8) is 0 Å². The maximum absolute atomic E-state index is 12.7. The van der Waals surface area contributed by atoms with Gasteiger partial charge in [0, 0.05) is 78.4 Å². The van der Waals surface area contributed by atoms with Gasteiger partial charge < -0.3 is 24.0 Å². The number of aliphatic carboxylic acids is 1. The second-order valence-electron chi connectivity index (χ2n) is 18.0. The van der Waals surface area contributed by atoms with Crippen LogP contribution in [0.15, 0.2) is 104 Å². The van der Waals surface area contributed by atoms with E-state index in [9.17, 15) is 74.8 Å². The first-order chi connectivity index (χ1) is 33.9. The molecule has 0 radical (unpaired) electrons. The van der Waals surface area contributed by atoms with Crippen molar-refractivity contribution >= 4 is 95.2 Å². The molecule has 73 heavy (non-hydrogen) atoms. The number of unbranched alkanes of at least 4 members (excludes halogenated alkanes) is 2. The second-order valence-corrected chi connectivity index (χ2v) is 25.2. The number of methoxy groups -OCH3 is 1. The fourth-order valence-corrected chi connectivity index (χ4v) is 13.2. The number of carbonyl (C=O) groups is 1. The molecule has 26 heteroatoms. The van der Waals surface area contributed by atoms with E-state index in [4.69, 9.17) is 9.47 Å². The van der Waals surface area contributed by atoms with Crippen LogP contribution in [-0.4, -0.2) is 132 Å². The van der Waals surface area contributed by atoms with Gasteiger partial charge >= 0.3 is 5.97 Å². The van der Waals surface area contributed by atoms with Crippen LogP contribution in [0.2, 0.25) is 0 Å². The molecule has 0 spiro atoms. The summed E-state index contributed by atoms with van der Waals surface area (Å²) in [6.07, 6.45) is 9.53. The predicted molar refractivity (Wildman–Crippen MR) is 268 cm³/mol. The Morgan fingerprint density at radius 3 is 1.89 bits per heavy atom. The van der Waals surface area contributed by atoms with E-state index in [1.165, 1.54) is 25.3 Å². The van der Waals surface area contributed by atoms with Gasteiger partial charge in [0.25, 0.3) is 40.5 Å². The topological polar surface area (TPSA) is 337 Å². The molecule has 0 aliphatic carbocycles. The molecule has 2 aliphatic heterocycles. The van der Waals surface area contributed by atoms with E-state index in [-0.39, 0.29) is 79.2 Å². The average molecular weight is 1110 g/mol. The van der Waals surface area contributed by atoms with Crippen LogP contribution in [0.5, 0.6) is 0 Å². The second kappa shape index (κ2) is 21.7. The molecule has 0 saturated heterocycles. The van der Waals surface area contributed by atoms with Crippen LogP contribution in [0.3, 0.4) is 0 Å². The number of hydrogen-bond donors (Lipinski definition) is 5. The molecule has 5 N–H and O–H groups in total. The van der Waals surface area contributed by atoms with Gasteiger partial charge in [-0.05, 0) is 112 Å². The van der Waals surface area contributed by atoms with Gasteiger partial charge in [0.05, 0.1) is 39.1 Å². The van der Waals surface area contributed by atoms with Crippen molar-refractivity contribution < 1.29 is 88.8 Å².